The number of hydrogen-bond donors (Lipinski definition) is 2. The Labute approximate surface area is 90.8 Å². The number of nitrogens with one attached hydrogen (secondary N) is 2. The van der Waals surface area contributed by atoms with Crippen LogP contribution in [0.5, 0.6) is 0 Å². The van der Waals surface area contributed by atoms with Gasteiger partial charge >= 0.3 is 0 Å². The summed E-state index contributed by atoms with van der Waals surface area (Å²) >= 11 is 0. The number of rotatable bonds is 4. The van der Waals surface area contributed by atoms with Crippen LogP contribution >= 0.6 is 0 Å². The van der Waals surface area contributed by atoms with E-state index in [0.717, 1.165) is 32.4 Å². The summed E-state index contributed by atoms with van der Waals surface area (Å²) in [5.41, 5.74) is -0.143. The van der Waals surface area contributed by atoms with Crippen LogP contribution in [0.3, 0.4) is 0 Å². The van der Waals surface area contributed by atoms with Gasteiger partial charge in [-0.2, -0.15) is 0 Å². The molecule has 86 valence electrons. The Morgan fingerprint density at radius 3 is 2.87 bits per heavy atom. The van der Waals surface area contributed by atoms with Crippen molar-refractivity contribution >= 4 is 5.91 Å². The van der Waals surface area contributed by atoms with Gasteiger partial charge in [-0.05, 0) is 32.2 Å². The molecule has 1 aliphatic carbocycles. The van der Waals surface area contributed by atoms with Crippen LogP contribution in [-0.2, 0) is 9.53 Å². The third-order valence-electron chi connectivity index (χ3n) is 3.61. The fourth-order valence-electron chi connectivity index (χ4n) is 2.37. The maximum atomic E-state index is 11.7. The van der Waals surface area contributed by atoms with Gasteiger partial charge in [0.05, 0.1) is 12.0 Å². The first-order valence-corrected chi connectivity index (χ1v) is 5.79. The van der Waals surface area contributed by atoms with E-state index in [1.807, 2.05) is 0 Å². The van der Waals surface area contributed by atoms with E-state index in [1.165, 1.54) is 6.42 Å². The van der Waals surface area contributed by atoms with Crippen LogP contribution in [-0.4, -0.2) is 37.7 Å². The van der Waals surface area contributed by atoms with Gasteiger partial charge in [0.1, 0.15) is 0 Å². The summed E-state index contributed by atoms with van der Waals surface area (Å²) in [6, 6.07) is 0.325. The number of methoxy groups -OCH3 is 1. The van der Waals surface area contributed by atoms with E-state index < -0.39 is 0 Å². The number of hydrogen-bond acceptors (Lipinski definition) is 3. The molecule has 0 unspecified atom stereocenters. The summed E-state index contributed by atoms with van der Waals surface area (Å²) in [5, 5.41) is 6.29. The lowest BCUT2D eigenvalue weighted by atomic mass is 9.77. The van der Waals surface area contributed by atoms with Crippen LogP contribution in [0.2, 0.25) is 0 Å². The van der Waals surface area contributed by atoms with Gasteiger partial charge in [-0.3, -0.25) is 4.79 Å². The molecular formula is C11H20N2O2. The van der Waals surface area contributed by atoms with Gasteiger partial charge in [-0.15, -0.1) is 0 Å². The zero-order valence-electron chi connectivity index (χ0n) is 9.34. The summed E-state index contributed by atoms with van der Waals surface area (Å²) in [5.74, 6) is 0.144. The molecule has 0 aromatic carbocycles. The van der Waals surface area contributed by atoms with Gasteiger partial charge in [-0.1, -0.05) is 0 Å². The van der Waals surface area contributed by atoms with Gasteiger partial charge in [0.15, 0.2) is 0 Å². The van der Waals surface area contributed by atoms with Crippen LogP contribution < -0.4 is 10.6 Å². The molecule has 1 heterocycles. The van der Waals surface area contributed by atoms with Crippen molar-refractivity contribution in [1.29, 1.82) is 0 Å². The summed E-state index contributed by atoms with van der Waals surface area (Å²) < 4.78 is 5.43. The lowest BCUT2D eigenvalue weighted by molar-refractivity contribution is -0.134. The Balaban J connectivity index is 1.76. The van der Waals surface area contributed by atoms with E-state index in [2.05, 4.69) is 10.6 Å². The minimum absolute atomic E-state index is 0.143. The SMILES string of the molecule is COC1(CC(=O)N[C@@H]2CCNC2)CCC1. The van der Waals surface area contributed by atoms with Gasteiger partial charge in [-0.25, -0.2) is 0 Å². The molecule has 4 nitrogen and oxygen atoms in total. The molecule has 0 bridgehead atoms. The van der Waals surface area contributed by atoms with Crippen LogP contribution in [0.4, 0.5) is 0 Å². The van der Waals surface area contributed by atoms with Crippen molar-refractivity contribution in [3.63, 3.8) is 0 Å². The lowest BCUT2D eigenvalue weighted by Gasteiger charge is -2.40. The molecule has 0 aromatic heterocycles. The number of carbonyl (C=O) groups is 1. The van der Waals surface area contributed by atoms with Crippen LogP contribution in [0.25, 0.3) is 0 Å². The van der Waals surface area contributed by atoms with Crippen LogP contribution in [0.1, 0.15) is 32.1 Å². The maximum Gasteiger partial charge on any atom is 0.223 e. The normalized spacial score (nSPS) is 28.5. The van der Waals surface area contributed by atoms with E-state index in [0.29, 0.717) is 12.5 Å². The standard InChI is InChI=1S/C11H20N2O2/c1-15-11(4-2-5-11)7-10(14)13-9-3-6-12-8-9/h9,12H,2-8H2,1H3,(H,13,14)/t9-/m1/s1. The molecule has 2 aliphatic rings. The number of amides is 1. The minimum atomic E-state index is -0.143. The molecule has 0 radical (unpaired) electrons. The molecule has 1 amide bonds. The van der Waals surface area contributed by atoms with Crippen molar-refractivity contribution < 1.29 is 9.53 Å². The summed E-state index contributed by atoms with van der Waals surface area (Å²) in [7, 11) is 1.71. The minimum Gasteiger partial charge on any atom is -0.378 e. The predicted octanol–water partition coefficient (Wildman–Crippen LogP) is 0.424. The second-order valence-electron chi connectivity index (χ2n) is 4.67. The molecule has 1 saturated carbocycles. The molecule has 0 aromatic rings. The number of carbonyl (C=O) groups excluding carboxylic acids is 1. The van der Waals surface area contributed by atoms with Gasteiger partial charge in [0.2, 0.25) is 5.91 Å². The quantitative estimate of drug-likeness (QED) is 0.710. The molecule has 1 atom stereocenters. The van der Waals surface area contributed by atoms with Crippen molar-refractivity contribution in [1.82, 2.24) is 10.6 Å². The third-order valence-corrected chi connectivity index (χ3v) is 3.61. The Morgan fingerprint density at radius 1 is 1.60 bits per heavy atom. The first-order valence-electron chi connectivity index (χ1n) is 5.79. The average molecular weight is 212 g/mol. The highest BCUT2D eigenvalue weighted by Crippen LogP contribution is 2.37. The first kappa shape index (κ1) is 10.9. The van der Waals surface area contributed by atoms with Crippen molar-refractivity contribution in [2.75, 3.05) is 20.2 Å². The topological polar surface area (TPSA) is 50.4 Å². The zero-order chi connectivity index (χ0) is 10.7. The molecule has 1 saturated heterocycles. The predicted molar refractivity (Wildman–Crippen MR) is 57.6 cm³/mol. The first-order chi connectivity index (χ1) is 7.24. The largest absolute Gasteiger partial charge is 0.378 e. The summed E-state index contributed by atoms with van der Waals surface area (Å²) in [4.78, 5) is 11.7. The van der Waals surface area contributed by atoms with Gasteiger partial charge < -0.3 is 15.4 Å². The third kappa shape index (κ3) is 2.49. The van der Waals surface area contributed by atoms with Gasteiger partial charge in [0, 0.05) is 19.7 Å². The average Bonchev–Trinajstić information content (AvgIpc) is 2.64. The molecule has 2 rings (SSSR count). The molecule has 1 aliphatic heterocycles. The Kier molecular flexibility index (Phi) is 3.26. The van der Waals surface area contributed by atoms with E-state index in [4.69, 9.17) is 4.74 Å². The van der Waals surface area contributed by atoms with Crippen molar-refractivity contribution in [3.05, 3.63) is 0 Å². The highest BCUT2D eigenvalue weighted by molar-refractivity contribution is 5.77. The number of ether oxygens (including phenoxy) is 1. The van der Waals surface area contributed by atoms with E-state index in [-0.39, 0.29) is 11.5 Å². The van der Waals surface area contributed by atoms with Crippen molar-refractivity contribution in [3.8, 4) is 0 Å². The molecule has 15 heavy (non-hydrogen) atoms. The fourth-order valence-corrected chi connectivity index (χ4v) is 2.37. The van der Waals surface area contributed by atoms with Crippen molar-refractivity contribution in [2.45, 2.75) is 43.7 Å². The molecule has 0 spiro atoms. The molecule has 2 fully saturated rings. The zero-order valence-corrected chi connectivity index (χ0v) is 9.34. The highest BCUT2D eigenvalue weighted by atomic mass is 16.5. The Bertz CT molecular complexity index is 227. The molecule has 2 N–H and O–H groups in total. The molecular weight excluding hydrogens is 192 g/mol. The maximum absolute atomic E-state index is 11.7. The Morgan fingerprint density at radius 2 is 2.40 bits per heavy atom. The van der Waals surface area contributed by atoms with Crippen LogP contribution in [0.15, 0.2) is 0 Å². The smallest absolute Gasteiger partial charge is 0.223 e. The van der Waals surface area contributed by atoms with E-state index in [9.17, 15) is 4.79 Å². The second kappa shape index (κ2) is 4.49. The molecule has 4 heteroatoms. The Hall–Kier alpha value is -0.610. The summed E-state index contributed by atoms with van der Waals surface area (Å²) in [6.45, 7) is 1.92. The second-order valence-corrected chi connectivity index (χ2v) is 4.67. The summed E-state index contributed by atoms with van der Waals surface area (Å²) in [6.07, 6.45) is 4.82. The lowest BCUT2D eigenvalue weighted by Crippen LogP contribution is -2.46. The van der Waals surface area contributed by atoms with E-state index in [1.54, 1.807) is 7.11 Å². The van der Waals surface area contributed by atoms with E-state index >= 15 is 0 Å². The van der Waals surface area contributed by atoms with Crippen molar-refractivity contribution in [2.24, 2.45) is 0 Å². The van der Waals surface area contributed by atoms with Gasteiger partial charge in [0.25, 0.3) is 0 Å². The monoisotopic (exact) mass is 212 g/mol. The highest BCUT2D eigenvalue weighted by Gasteiger charge is 2.39. The van der Waals surface area contributed by atoms with Crippen LogP contribution in [0, 0.1) is 0 Å². The fraction of sp³-hybridized carbons (Fsp3) is 0.909.